The number of thiazole rings is 1. The predicted octanol–water partition coefficient (Wildman–Crippen LogP) is 2.26. The first-order valence-corrected chi connectivity index (χ1v) is 9.24. The molecular weight excluding hydrogens is 376 g/mol. The molecule has 0 saturated carbocycles. The molecule has 0 aliphatic rings. The molecule has 0 aliphatic heterocycles. The first-order valence-electron chi connectivity index (χ1n) is 7.37. The summed E-state index contributed by atoms with van der Waals surface area (Å²) in [5.74, 6) is 1.52. The van der Waals surface area contributed by atoms with Gasteiger partial charge in [-0.1, -0.05) is 11.8 Å². The van der Waals surface area contributed by atoms with Crippen molar-refractivity contribution in [2.75, 3.05) is 31.0 Å². The van der Waals surface area contributed by atoms with E-state index >= 15 is 0 Å². The van der Waals surface area contributed by atoms with Crippen LogP contribution in [0.4, 0.5) is 11.1 Å². The number of hydrogen-bond acceptors (Lipinski definition) is 9. The SMILES string of the molecule is COc1ccc(OC)c(-c2csc(NC(=O)CSc3n[nH]c(N)n3)n2)c1. The number of benzene rings is 1. The van der Waals surface area contributed by atoms with E-state index in [0.29, 0.717) is 27.5 Å². The van der Waals surface area contributed by atoms with Gasteiger partial charge in [0.25, 0.3) is 0 Å². The molecule has 136 valence electrons. The fraction of sp³-hybridized carbons (Fsp3) is 0.200. The topological polar surface area (TPSA) is 128 Å². The van der Waals surface area contributed by atoms with Crippen LogP contribution < -0.4 is 20.5 Å². The largest absolute Gasteiger partial charge is 0.497 e. The summed E-state index contributed by atoms with van der Waals surface area (Å²) in [5.41, 5.74) is 6.92. The second-order valence-corrected chi connectivity index (χ2v) is 6.74. The summed E-state index contributed by atoms with van der Waals surface area (Å²) in [4.78, 5) is 20.4. The van der Waals surface area contributed by atoms with Crippen molar-refractivity contribution in [3.8, 4) is 22.8 Å². The van der Waals surface area contributed by atoms with E-state index < -0.39 is 0 Å². The molecule has 1 amide bonds. The van der Waals surface area contributed by atoms with Gasteiger partial charge in [0, 0.05) is 10.9 Å². The minimum Gasteiger partial charge on any atom is -0.497 e. The van der Waals surface area contributed by atoms with Crippen LogP contribution in [0.15, 0.2) is 28.7 Å². The summed E-state index contributed by atoms with van der Waals surface area (Å²) in [6.07, 6.45) is 0. The van der Waals surface area contributed by atoms with Gasteiger partial charge in [0.15, 0.2) is 5.13 Å². The van der Waals surface area contributed by atoms with Gasteiger partial charge in [0.1, 0.15) is 11.5 Å². The van der Waals surface area contributed by atoms with Crippen molar-refractivity contribution >= 4 is 40.1 Å². The minimum atomic E-state index is -0.211. The number of carbonyl (C=O) groups is 1. The van der Waals surface area contributed by atoms with E-state index in [9.17, 15) is 4.79 Å². The fourth-order valence-corrected chi connectivity index (χ4v) is 3.41. The highest BCUT2D eigenvalue weighted by Crippen LogP contribution is 2.35. The smallest absolute Gasteiger partial charge is 0.236 e. The molecule has 0 spiro atoms. The van der Waals surface area contributed by atoms with Gasteiger partial charge in [-0.25, -0.2) is 10.1 Å². The zero-order valence-corrected chi connectivity index (χ0v) is 15.6. The number of nitrogens with one attached hydrogen (secondary N) is 2. The number of aromatic amines is 1. The molecule has 0 saturated heterocycles. The normalized spacial score (nSPS) is 10.5. The maximum atomic E-state index is 12.1. The zero-order valence-electron chi connectivity index (χ0n) is 14.0. The minimum absolute atomic E-state index is 0.148. The molecule has 3 aromatic rings. The van der Waals surface area contributed by atoms with Crippen LogP contribution >= 0.6 is 23.1 Å². The highest BCUT2D eigenvalue weighted by Gasteiger charge is 2.13. The molecule has 0 bridgehead atoms. The van der Waals surface area contributed by atoms with Gasteiger partial charge in [-0.15, -0.1) is 16.4 Å². The highest BCUT2D eigenvalue weighted by molar-refractivity contribution is 7.99. The molecule has 0 radical (unpaired) electrons. The van der Waals surface area contributed by atoms with E-state index in [4.69, 9.17) is 15.2 Å². The number of methoxy groups -OCH3 is 2. The van der Waals surface area contributed by atoms with Crippen molar-refractivity contribution in [2.45, 2.75) is 5.16 Å². The van der Waals surface area contributed by atoms with Gasteiger partial charge in [-0.3, -0.25) is 4.79 Å². The Balaban J connectivity index is 1.67. The monoisotopic (exact) mass is 392 g/mol. The Morgan fingerprint density at radius 3 is 2.88 bits per heavy atom. The quantitative estimate of drug-likeness (QED) is 0.522. The Bertz CT molecular complexity index is 910. The predicted molar refractivity (Wildman–Crippen MR) is 101 cm³/mol. The number of rotatable bonds is 7. The van der Waals surface area contributed by atoms with Crippen molar-refractivity contribution in [3.63, 3.8) is 0 Å². The van der Waals surface area contributed by atoms with Crippen LogP contribution in [0.5, 0.6) is 11.5 Å². The van der Waals surface area contributed by atoms with Gasteiger partial charge in [-0.05, 0) is 18.2 Å². The molecule has 4 N–H and O–H groups in total. The molecular formula is C15H16N6O3S2. The van der Waals surface area contributed by atoms with Gasteiger partial charge in [0.05, 0.1) is 25.7 Å². The van der Waals surface area contributed by atoms with E-state index in [-0.39, 0.29) is 17.6 Å². The van der Waals surface area contributed by atoms with Gasteiger partial charge < -0.3 is 20.5 Å². The summed E-state index contributed by atoms with van der Waals surface area (Å²) >= 11 is 2.50. The van der Waals surface area contributed by atoms with Crippen LogP contribution in [-0.4, -0.2) is 46.0 Å². The van der Waals surface area contributed by atoms with Crippen molar-refractivity contribution in [2.24, 2.45) is 0 Å². The molecule has 2 heterocycles. The number of nitrogen functional groups attached to an aromatic ring is 1. The lowest BCUT2D eigenvalue weighted by Gasteiger charge is -2.08. The van der Waals surface area contributed by atoms with Gasteiger partial charge in [-0.2, -0.15) is 4.98 Å². The van der Waals surface area contributed by atoms with Crippen molar-refractivity contribution in [3.05, 3.63) is 23.6 Å². The Labute approximate surface area is 157 Å². The first-order chi connectivity index (χ1) is 12.6. The lowest BCUT2D eigenvalue weighted by atomic mass is 10.1. The van der Waals surface area contributed by atoms with E-state index in [1.54, 1.807) is 14.2 Å². The fourth-order valence-electron chi connectivity index (χ4n) is 2.08. The Morgan fingerprint density at radius 2 is 2.19 bits per heavy atom. The molecule has 11 heteroatoms. The lowest BCUT2D eigenvalue weighted by molar-refractivity contribution is -0.113. The number of nitrogens with two attached hydrogens (primary N) is 1. The second kappa shape index (κ2) is 8.06. The van der Waals surface area contributed by atoms with Crippen LogP contribution in [0.1, 0.15) is 0 Å². The molecule has 9 nitrogen and oxygen atoms in total. The van der Waals surface area contributed by atoms with Crippen LogP contribution in [0, 0.1) is 0 Å². The molecule has 0 fully saturated rings. The molecule has 3 rings (SSSR count). The number of nitrogens with zero attached hydrogens (tertiary/aromatic N) is 3. The first kappa shape index (κ1) is 18.0. The summed E-state index contributed by atoms with van der Waals surface area (Å²) in [6, 6.07) is 5.46. The van der Waals surface area contributed by atoms with E-state index in [1.165, 1.54) is 23.1 Å². The van der Waals surface area contributed by atoms with Crippen LogP contribution in [0.3, 0.4) is 0 Å². The summed E-state index contributed by atoms with van der Waals surface area (Å²) in [5, 5.41) is 11.9. The Kier molecular flexibility index (Phi) is 5.58. The maximum absolute atomic E-state index is 12.1. The number of ether oxygens (including phenoxy) is 2. The van der Waals surface area contributed by atoms with E-state index in [2.05, 4.69) is 25.5 Å². The number of thioether (sulfide) groups is 1. The lowest BCUT2D eigenvalue weighted by Crippen LogP contribution is -2.13. The summed E-state index contributed by atoms with van der Waals surface area (Å²) in [7, 11) is 3.19. The van der Waals surface area contributed by atoms with E-state index in [1.807, 2.05) is 23.6 Å². The summed E-state index contributed by atoms with van der Waals surface area (Å²) < 4.78 is 10.6. The third-order valence-electron chi connectivity index (χ3n) is 3.25. The number of aromatic nitrogens is 4. The number of amides is 1. The number of anilines is 2. The van der Waals surface area contributed by atoms with Crippen molar-refractivity contribution in [1.29, 1.82) is 0 Å². The third kappa shape index (κ3) is 4.24. The van der Waals surface area contributed by atoms with Gasteiger partial charge in [0.2, 0.25) is 17.0 Å². The number of H-pyrrole nitrogens is 1. The molecule has 0 atom stereocenters. The van der Waals surface area contributed by atoms with Crippen LogP contribution in [0.2, 0.25) is 0 Å². The molecule has 2 aromatic heterocycles. The Morgan fingerprint density at radius 1 is 1.35 bits per heavy atom. The standard InChI is InChI=1S/C15H16N6O3S2/c1-23-8-3-4-11(24-2)9(5-8)10-6-25-14(17-10)18-12(22)7-26-15-19-13(16)20-21-15/h3-6H,7H2,1-2H3,(H,17,18,22)(H3,16,19,20,21). The van der Waals surface area contributed by atoms with Crippen molar-refractivity contribution in [1.82, 2.24) is 20.2 Å². The zero-order chi connectivity index (χ0) is 18.5. The average molecular weight is 392 g/mol. The van der Waals surface area contributed by atoms with Crippen LogP contribution in [-0.2, 0) is 4.79 Å². The van der Waals surface area contributed by atoms with Crippen LogP contribution in [0.25, 0.3) is 11.3 Å². The molecule has 26 heavy (non-hydrogen) atoms. The summed E-state index contributed by atoms with van der Waals surface area (Å²) in [6.45, 7) is 0. The third-order valence-corrected chi connectivity index (χ3v) is 4.85. The number of carbonyl (C=O) groups excluding carboxylic acids is 1. The number of hydrogen-bond donors (Lipinski definition) is 3. The molecule has 0 aliphatic carbocycles. The second-order valence-electron chi connectivity index (χ2n) is 4.94. The van der Waals surface area contributed by atoms with E-state index in [0.717, 1.165) is 5.56 Å². The molecule has 0 unspecified atom stereocenters. The molecule has 1 aromatic carbocycles. The Hall–Kier alpha value is -2.79. The average Bonchev–Trinajstić information content (AvgIpc) is 3.28. The highest BCUT2D eigenvalue weighted by atomic mass is 32.2. The van der Waals surface area contributed by atoms with Gasteiger partial charge >= 0.3 is 0 Å². The van der Waals surface area contributed by atoms with Crippen molar-refractivity contribution < 1.29 is 14.3 Å². The maximum Gasteiger partial charge on any atom is 0.236 e.